The number of rotatable bonds is 2. The van der Waals surface area contributed by atoms with E-state index in [1.54, 1.807) is 0 Å². The maximum atomic E-state index is 6.29. The molecule has 2 atom stereocenters. The van der Waals surface area contributed by atoms with E-state index in [4.69, 9.17) is 11.6 Å². The lowest BCUT2D eigenvalue weighted by atomic mass is 9.92. The van der Waals surface area contributed by atoms with Crippen LogP contribution in [0.3, 0.4) is 0 Å². The predicted octanol–water partition coefficient (Wildman–Crippen LogP) is 3.87. The molecule has 3 heteroatoms. The molecule has 0 amide bonds. The highest BCUT2D eigenvalue weighted by Crippen LogP contribution is 2.37. The van der Waals surface area contributed by atoms with Crippen LogP contribution in [0.1, 0.15) is 31.0 Å². The van der Waals surface area contributed by atoms with E-state index in [9.17, 15) is 0 Å². The van der Waals surface area contributed by atoms with Crippen LogP contribution < -0.4 is 5.32 Å². The van der Waals surface area contributed by atoms with E-state index in [0.29, 0.717) is 12.0 Å². The summed E-state index contributed by atoms with van der Waals surface area (Å²) in [5, 5.41) is 4.50. The van der Waals surface area contributed by atoms with Gasteiger partial charge in [0.05, 0.1) is 0 Å². The normalized spacial score (nSPS) is 24.9. The molecule has 2 rings (SSSR count). The summed E-state index contributed by atoms with van der Waals surface area (Å²) >= 11 is 8.27. The zero-order valence-electron chi connectivity index (χ0n) is 9.79. The molecular formula is C13H18ClNS. The Hall–Kier alpha value is -0.180. The standard InChI is InChI=1S/C13H18ClNS/c1-3-15-13-9(2)7-16-8-11-10(13)5-4-6-12(11)14/h4-6,9,13,15H,3,7-8H2,1-2H3. The van der Waals surface area contributed by atoms with Gasteiger partial charge in [-0.2, -0.15) is 11.8 Å². The summed E-state index contributed by atoms with van der Waals surface area (Å²) in [6.45, 7) is 5.48. The second kappa shape index (κ2) is 5.44. The average Bonchev–Trinajstić information content (AvgIpc) is 2.42. The van der Waals surface area contributed by atoms with Crippen molar-refractivity contribution in [3.8, 4) is 0 Å². The smallest absolute Gasteiger partial charge is 0.0449 e. The molecule has 0 saturated carbocycles. The van der Waals surface area contributed by atoms with Gasteiger partial charge in [-0.3, -0.25) is 0 Å². The molecule has 1 heterocycles. The Kier molecular flexibility index (Phi) is 4.17. The first-order chi connectivity index (χ1) is 7.74. The molecule has 0 radical (unpaired) electrons. The number of halogens is 1. The minimum absolute atomic E-state index is 0.452. The lowest BCUT2D eigenvalue weighted by molar-refractivity contribution is 0.428. The first kappa shape index (κ1) is 12.3. The molecule has 88 valence electrons. The molecule has 0 fully saturated rings. The van der Waals surface area contributed by atoms with Gasteiger partial charge in [0, 0.05) is 16.8 Å². The number of nitrogens with one attached hydrogen (secondary N) is 1. The van der Waals surface area contributed by atoms with Crippen LogP contribution in [0, 0.1) is 5.92 Å². The Balaban J connectivity index is 2.41. The summed E-state index contributed by atoms with van der Waals surface area (Å²) in [6, 6.07) is 6.74. The Labute approximate surface area is 107 Å². The number of thioether (sulfide) groups is 1. The SMILES string of the molecule is CCNC1c2cccc(Cl)c2CSCC1C. The van der Waals surface area contributed by atoms with Crippen molar-refractivity contribution in [3.05, 3.63) is 34.3 Å². The van der Waals surface area contributed by atoms with Crippen LogP contribution in [0.5, 0.6) is 0 Å². The molecular weight excluding hydrogens is 238 g/mol. The minimum Gasteiger partial charge on any atom is -0.310 e. The summed E-state index contributed by atoms with van der Waals surface area (Å²) in [5.41, 5.74) is 2.72. The van der Waals surface area contributed by atoms with Crippen molar-refractivity contribution in [1.82, 2.24) is 5.32 Å². The van der Waals surface area contributed by atoms with Gasteiger partial charge in [-0.25, -0.2) is 0 Å². The quantitative estimate of drug-likeness (QED) is 0.861. The van der Waals surface area contributed by atoms with Crippen LogP contribution in [0.2, 0.25) is 5.02 Å². The second-order valence-electron chi connectivity index (χ2n) is 4.34. The Bertz CT molecular complexity index is 367. The van der Waals surface area contributed by atoms with Gasteiger partial charge in [0.2, 0.25) is 0 Å². The zero-order valence-corrected chi connectivity index (χ0v) is 11.4. The number of fused-ring (bicyclic) bond motifs is 1. The van der Waals surface area contributed by atoms with Gasteiger partial charge in [-0.15, -0.1) is 0 Å². The molecule has 0 saturated heterocycles. The van der Waals surface area contributed by atoms with Gasteiger partial charge in [-0.05, 0) is 35.4 Å². The van der Waals surface area contributed by atoms with Crippen molar-refractivity contribution in [2.45, 2.75) is 25.6 Å². The van der Waals surface area contributed by atoms with Crippen LogP contribution in [-0.4, -0.2) is 12.3 Å². The molecule has 1 aliphatic heterocycles. The highest BCUT2D eigenvalue weighted by Gasteiger charge is 2.25. The topological polar surface area (TPSA) is 12.0 Å². The maximum Gasteiger partial charge on any atom is 0.0449 e. The van der Waals surface area contributed by atoms with E-state index in [2.05, 4.69) is 31.3 Å². The van der Waals surface area contributed by atoms with Crippen LogP contribution in [0.4, 0.5) is 0 Å². The van der Waals surface area contributed by atoms with Crippen molar-refractivity contribution in [2.75, 3.05) is 12.3 Å². The molecule has 1 aliphatic rings. The molecule has 0 bridgehead atoms. The third kappa shape index (κ3) is 2.39. The van der Waals surface area contributed by atoms with E-state index in [1.165, 1.54) is 16.9 Å². The number of hydrogen-bond acceptors (Lipinski definition) is 2. The lowest BCUT2D eigenvalue weighted by Gasteiger charge is -2.24. The van der Waals surface area contributed by atoms with Crippen molar-refractivity contribution < 1.29 is 0 Å². The summed E-state index contributed by atoms with van der Waals surface area (Å²) < 4.78 is 0. The van der Waals surface area contributed by atoms with Crippen molar-refractivity contribution in [1.29, 1.82) is 0 Å². The largest absolute Gasteiger partial charge is 0.310 e. The number of benzene rings is 1. The highest BCUT2D eigenvalue weighted by atomic mass is 35.5. The van der Waals surface area contributed by atoms with E-state index >= 15 is 0 Å². The summed E-state index contributed by atoms with van der Waals surface area (Å²) in [7, 11) is 0. The zero-order chi connectivity index (χ0) is 11.5. The van der Waals surface area contributed by atoms with Gasteiger partial charge in [0.25, 0.3) is 0 Å². The van der Waals surface area contributed by atoms with E-state index in [1.807, 2.05) is 17.8 Å². The fraction of sp³-hybridized carbons (Fsp3) is 0.538. The molecule has 0 aromatic heterocycles. The predicted molar refractivity (Wildman–Crippen MR) is 73.2 cm³/mol. The average molecular weight is 256 g/mol. The highest BCUT2D eigenvalue weighted by molar-refractivity contribution is 7.98. The number of hydrogen-bond donors (Lipinski definition) is 1. The van der Waals surface area contributed by atoms with Crippen molar-refractivity contribution in [2.24, 2.45) is 5.92 Å². The molecule has 2 unspecified atom stereocenters. The Morgan fingerprint density at radius 1 is 1.50 bits per heavy atom. The molecule has 1 N–H and O–H groups in total. The van der Waals surface area contributed by atoms with Gasteiger partial charge in [0.1, 0.15) is 0 Å². The Morgan fingerprint density at radius 3 is 3.06 bits per heavy atom. The van der Waals surface area contributed by atoms with Crippen LogP contribution in [-0.2, 0) is 5.75 Å². The molecule has 16 heavy (non-hydrogen) atoms. The van der Waals surface area contributed by atoms with Gasteiger partial charge in [-0.1, -0.05) is 37.6 Å². The first-order valence-electron chi connectivity index (χ1n) is 5.82. The second-order valence-corrected chi connectivity index (χ2v) is 5.77. The molecule has 1 aromatic rings. The maximum absolute atomic E-state index is 6.29. The summed E-state index contributed by atoms with van der Waals surface area (Å²) in [5.74, 6) is 2.90. The third-order valence-electron chi connectivity index (χ3n) is 3.11. The van der Waals surface area contributed by atoms with Gasteiger partial charge >= 0.3 is 0 Å². The first-order valence-corrected chi connectivity index (χ1v) is 7.35. The van der Waals surface area contributed by atoms with Gasteiger partial charge in [0.15, 0.2) is 0 Å². The summed E-state index contributed by atoms with van der Waals surface area (Å²) in [4.78, 5) is 0. The van der Waals surface area contributed by atoms with E-state index in [-0.39, 0.29) is 0 Å². The lowest BCUT2D eigenvalue weighted by Crippen LogP contribution is -2.27. The fourth-order valence-electron chi connectivity index (χ4n) is 2.30. The molecule has 0 aliphatic carbocycles. The van der Waals surface area contributed by atoms with Crippen LogP contribution in [0.15, 0.2) is 18.2 Å². The third-order valence-corrected chi connectivity index (χ3v) is 4.72. The fourth-order valence-corrected chi connectivity index (χ4v) is 3.84. The van der Waals surface area contributed by atoms with Gasteiger partial charge < -0.3 is 5.32 Å². The van der Waals surface area contributed by atoms with E-state index < -0.39 is 0 Å². The van der Waals surface area contributed by atoms with E-state index in [0.717, 1.165) is 17.3 Å². The molecule has 0 spiro atoms. The minimum atomic E-state index is 0.452. The summed E-state index contributed by atoms with van der Waals surface area (Å²) in [6.07, 6.45) is 0. The van der Waals surface area contributed by atoms with Crippen molar-refractivity contribution in [3.63, 3.8) is 0 Å². The monoisotopic (exact) mass is 255 g/mol. The molecule has 1 nitrogen and oxygen atoms in total. The van der Waals surface area contributed by atoms with Crippen LogP contribution >= 0.6 is 23.4 Å². The van der Waals surface area contributed by atoms with Crippen molar-refractivity contribution >= 4 is 23.4 Å². The Morgan fingerprint density at radius 2 is 2.31 bits per heavy atom. The van der Waals surface area contributed by atoms with Crippen LogP contribution in [0.25, 0.3) is 0 Å². The molecule has 1 aromatic carbocycles.